The Morgan fingerprint density at radius 2 is 1.90 bits per heavy atom. The van der Waals surface area contributed by atoms with Crippen molar-refractivity contribution in [1.82, 2.24) is 15.1 Å². The third-order valence-electron chi connectivity index (χ3n) is 7.96. The maximum absolute atomic E-state index is 14.3. The fourth-order valence-corrected chi connectivity index (χ4v) is 6.16. The lowest BCUT2D eigenvalue weighted by molar-refractivity contribution is -0.143. The zero-order valence-corrected chi connectivity index (χ0v) is 17.8. The summed E-state index contributed by atoms with van der Waals surface area (Å²) in [6.45, 7) is 5.82. The fourth-order valence-electron chi connectivity index (χ4n) is 6.16. The predicted octanol–water partition coefficient (Wildman–Crippen LogP) is 4.08. The number of amides is 1. The minimum Gasteiger partial charge on any atom is -0.381 e. The third kappa shape index (κ3) is 2.52. The first-order chi connectivity index (χ1) is 14.4. The van der Waals surface area contributed by atoms with Gasteiger partial charge in [0.25, 0.3) is 0 Å². The highest BCUT2D eigenvalue weighted by molar-refractivity contribution is 5.92. The molecule has 2 fully saturated rings. The molecule has 2 heterocycles. The van der Waals surface area contributed by atoms with Crippen molar-refractivity contribution in [3.8, 4) is 11.3 Å². The molecule has 2 bridgehead atoms. The molecule has 0 spiro atoms. The van der Waals surface area contributed by atoms with Crippen molar-refractivity contribution in [3.05, 3.63) is 47.4 Å². The second kappa shape index (κ2) is 6.84. The maximum atomic E-state index is 14.3. The van der Waals surface area contributed by atoms with Gasteiger partial charge in [-0.3, -0.25) is 4.79 Å². The Hall–Kier alpha value is -2.34. The summed E-state index contributed by atoms with van der Waals surface area (Å²) in [7, 11) is 1.74. The summed E-state index contributed by atoms with van der Waals surface area (Å²) in [6.07, 6.45) is 3.71. The number of hydrogen-bond donors (Lipinski definition) is 0. The van der Waals surface area contributed by atoms with E-state index in [4.69, 9.17) is 4.74 Å². The molecule has 1 saturated heterocycles. The minimum atomic E-state index is -0.645. The summed E-state index contributed by atoms with van der Waals surface area (Å²) < 4.78 is 19.8. The van der Waals surface area contributed by atoms with Crippen molar-refractivity contribution in [2.45, 2.75) is 57.0 Å². The van der Waals surface area contributed by atoms with Crippen molar-refractivity contribution >= 4 is 5.91 Å². The van der Waals surface area contributed by atoms with Gasteiger partial charge in [-0.1, -0.05) is 26.0 Å². The number of nitrogens with zero attached hydrogens (tertiary/aromatic N) is 3. The highest BCUT2D eigenvalue weighted by Gasteiger charge is 2.68. The second-order valence-corrected chi connectivity index (χ2v) is 9.46. The number of methoxy groups -OCH3 is 1. The topological polar surface area (TPSA) is 55.3 Å². The lowest BCUT2D eigenvalue weighted by Crippen LogP contribution is -2.54. The molecule has 1 amide bonds. The summed E-state index contributed by atoms with van der Waals surface area (Å²) in [5.74, 6) is 0.103. The number of hydrogen-bond acceptors (Lipinski definition) is 4. The van der Waals surface area contributed by atoms with Crippen LogP contribution in [0.2, 0.25) is 0 Å². The van der Waals surface area contributed by atoms with Gasteiger partial charge in [-0.15, -0.1) is 0 Å². The van der Waals surface area contributed by atoms with Crippen LogP contribution in [0.5, 0.6) is 0 Å². The Bertz CT molecular complexity index is 1000. The number of likely N-dealkylation sites (tertiary alicyclic amines) is 1. The molecule has 5 rings (SSSR count). The molecule has 3 aliphatic rings. The average Bonchev–Trinajstić information content (AvgIpc) is 3.14. The van der Waals surface area contributed by atoms with Crippen LogP contribution in [0.25, 0.3) is 11.3 Å². The molecule has 2 aliphatic carbocycles. The molecule has 0 radical (unpaired) electrons. The molecule has 30 heavy (non-hydrogen) atoms. The van der Waals surface area contributed by atoms with E-state index in [0.717, 1.165) is 50.0 Å². The number of benzene rings is 1. The highest BCUT2D eigenvalue weighted by atomic mass is 19.1. The molecule has 5 nitrogen and oxygen atoms in total. The average molecular weight is 410 g/mol. The molecule has 1 aliphatic heterocycles. The van der Waals surface area contributed by atoms with E-state index in [1.54, 1.807) is 25.3 Å². The Balaban J connectivity index is 1.55. The van der Waals surface area contributed by atoms with Crippen LogP contribution in [-0.4, -0.2) is 47.3 Å². The van der Waals surface area contributed by atoms with Crippen molar-refractivity contribution in [3.63, 3.8) is 0 Å². The van der Waals surface area contributed by atoms with Gasteiger partial charge in [-0.25, -0.2) is 4.39 Å². The standard InChI is InChI=1S/C24H28FN3O2/c1-23(2)18-8-11-24(23,22(29)28-12-9-15(30-3)10-13-28)21-17(18)14-20(26-27-21)16-6-4-5-7-19(16)25/h4-7,14-15,18H,8-13H2,1-3H3/t18-,24+/m0/s1. The van der Waals surface area contributed by atoms with E-state index < -0.39 is 5.41 Å². The number of aromatic nitrogens is 2. The van der Waals surface area contributed by atoms with Gasteiger partial charge >= 0.3 is 0 Å². The zero-order valence-electron chi connectivity index (χ0n) is 17.8. The molecule has 2 aromatic rings. The molecule has 1 aromatic carbocycles. The number of piperidine rings is 1. The van der Waals surface area contributed by atoms with Gasteiger partial charge in [0.05, 0.1) is 22.9 Å². The van der Waals surface area contributed by atoms with Gasteiger partial charge in [0.2, 0.25) is 5.91 Å². The molecular formula is C24H28FN3O2. The van der Waals surface area contributed by atoms with Crippen molar-refractivity contribution in [1.29, 1.82) is 0 Å². The molecule has 6 heteroatoms. The van der Waals surface area contributed by atoms with Gasteiger partial charge in [-0.2, -0.15) is 10.2 Å². The highest BCUT2D eigenvalue weighted by Crippen LogP contribution is 2.68. The molecule has 158 valence electrons. The Kier molecular flexibility index (Phi) is 4.47. The fraction of sp³-hybridized carbons (Fsp3) is 0.542. The first kappa shape index (κ1) is 19.6. The van der Waals surface area contributed by atoms with Crippen LogP contribution < -0.4 is 0 Å². The van der Waals surface area contributed by atoms with Gasteiger partial charge in [0.15, 0.2) is 0 Å². The molecule has 0 N–H and O–H groups in total. The van der Waals surface area contributed by atoms with E-state index in [1.807, 2.05) is 11.0 Å². The lowest BCUT2D eigenvalue weighted by Gasteiger charge is -2.42. The maximum Gasteiger partial charge on any atom is 0.235 e. The van der Waals surface area contributed by atoms with Crippen molar-refractivity contribution < 1.29 is 13.9 Å². The number of halogens is 1. The van der Waals surface area contributed by atoms with E-state index in [-0.39, 0.29) is 29.2 Å². The van der Waals surface area contributed by atoms with Crippen LogP contribution in [0, 0.1) is 11.2 Å². The van der Waals surface area contributed by atoms with Gasteiger partial charge in [0, 0.05) is 25.8 Å². The van der Waals surface area contributed by atoms with Crippen LogP contribution in [0.4, 0.5) is 4.39 Å². The van der Waals surface area contributed by atoms with Crippen molar-refractivity contribution in [2.75, 3.05) is 20.2 Å². The van der Waals surface area contributed by atoms with Gasteiger partial charge < -0.3 is 9.64 Å². The first-order valence-corrected chi connectivity index (χ1v) is 10.9. The second-order valence-electron chi connectivity index (χ2n) is 9.46. The number of carbonyl (C=O) groups excluding carboxylic acids is 1. The zero-order chi connectivity index (χ0) is 21.1. The number of carbonyl (C=O) groups is 1. The molecule has 1 saturated carbocycles. The normalized spacial score (nSPS) is 27.3. The van der Waals surface area contributed by atoms with Gasteiger partial charge in [-0.05, 0) is 60.8 Å². The SMILES string of the molecule is COC1CCN(C(=O)[C@@]23CC[C@@H](c4cc(-c5ccccc5F)nnc42)C3(C)C)CC1. The Morgan fingerprint density at radius 1 is 1.17 bits per heavy atom. The summed E-state index contributed by atoms with van der Waals surface area (Å²) in [5, 5.41) is 8.97. The Morgan fingerprint density at radius 3 is 2.60 bits per heavy atom. The number of rotatable bonds is 3. The van der Waals surface area contributed by atoms with E-state index in [1.165, 1.54) is 6.07 Å². The third-order valence-corrected chi connectivity index (χ3v) is 7.96. The summed E-state index contributed by atoms with van der Waals surface area (Å²) in [4.78, 5) is 15.9. The molecular weight excluding hydrogens is 381 g/mol. The largest absolute Gasteiger partial charge is 0.381 e. The van der Waals surface area contributed by atoms with Gasteiger partial charge in [0.1, 0.15) is 5.82 Å². The lowest BCUT2D eigenvalue weighted by atomic mass is 9.67. The van der Waals surface area contributed by atoms with Crippen molar-refractivity contribution in [2.24, 2.45) is 5.41 Å². The van der Waals surface area contributed by atoms with Crippen LogP contribution in [-0.2, 0) is 14.9 Å². The smallest absolute Gasteiger partial charge is 0.235 e. The quantitative estimate of drug-likeness (QED) is 0.767. The first-order valence-electron chi connectivity index (χ1n) is 10.9. The van der Waals surface area contributed by atoms with Crippen LogP contribution in [0.3, 0.4) is 0 Å². The monoisotopic (exact) mass is 409 g/mol. The summed E-state index contributed by atoms with van der Waals surface area (Å²) in [5.41, 5.74) is 1.98. The van der Waals surface area contributed by atoms with Crippen LogP contribution >= 0.6 is 0 Å². The molecule has 1 aromatic heterocycles. The minimum absolute atomic E-state index is 0.177. The van der Waals surface area contributed by atoms with E-state index in [0.29, 0.717) is 11.3 Å². The molecule has 2 atom stereocenters. The molecule has 0 unspecified atom stereocenters. The van der Waals surface area contributed by atoms with E-state index in [2.05, 4.69) is 24.0 Å². The summed E-state index contributed by atoms with van der Waals surface area (Å²) in [6, 6.07) is 8.61. The van der Waals surface area contributed by atoms with E-state index >= 15 is 0 Å². The predicted molar refractivity (Wildman–Crippen MR) is 111 cm³/mol. The number of fused-ring (bicyclic) bond motifs is 5. The number of ether oxygens (including phenoxy) is 1. The van der Waals surface area contributed by atoms with Crippen LogP contribution in [0.1, 0.15) is 56.7 Å². The Labute approximate surface area is 176 Å². The summed E-state index contributed by atoms with van der Waals surface area (Å²) >= 11 is 0. The van der Waals surface area contributed by atoms with E-state index in [9.17, 15) is 9.18 Å². The van der Waals surface area contributed by atoms with Crippen LogP contribution in [0.15, 0.2) is 30.3 Å².